The molecule has 0 N–H and O–H groups in total. The molecule has 0 aliphatic carbocycles. The van der Waals surface area contributed by atoms with E-state index in [1.54, 1.807) is 0 Å². The Kier molecular flexibility index (Phi) is 5.49. The van der Waals surface area contributed by atoms with Crippen LogP contribution in [0.2, 0.25) is 0 Å². The lowest BCUT2D eigenvalue weighted by atomic mass is 9.95. The first-order chi connectivity index (χ1) is 12.9. The third-order valence-corrected chi connectivity index (χ3v) is 5.74. The summed E-state index contributed by atoms with van der Waals surface area (Å²) in [6.45, 7) is 13.1. The van der Waals surface area contributed by atoms with Crippen LogP contribution in [-0.2, 0) is 0 Å². The fraction of sp³-hybridized carbons (Fsp3) is 0.333. The Bertz CT molecular complexity index is 1150. The van der Waals surface area contributed by atoms with Gasteiger partial charge < -0.3 is 4.57 Å². The second-order valence-corrected chi connectivity index (χ2v) is 7.77. The van der Waals surface area contributed by atoms with Gasteiger partial charge in [0, 0.05) is 40.5 Å². The van der Waals surface area contributed by atoms with Crippen molar-refractivity contribution in [1.29, 1.82) is 0 Å². The molecule has 0 aliphatic rings. The molecule has 0 radical (unpaired) electrons. The van der Waals surface area contributed by atoms with Crippen molar-refractivity contribution in [2.24, 2.45) is 0 Å². The van der Waals surface area contributed by atoms with Crippen molar-refractivity contribution in [3.63, 3.8) is 0 Å². The van der Waals surface area contributed by atoms with Crippen molar-refractivity contribution in [3.05, 3.63) is 59.0 Å². The maximum atomic E-state index is 5.01. The fourth-order valence-electron chi connectivity index (χ4n) is 4.31. The van der Waals surface area contributed by atoms with E-state index in [1.807, 2.05) is 6.20 Å². The van der Waals surface area contributed by atoms with E-state index in [0.29, 0.717) is 6.04 Å². The Balaban J connectivity index is 0.00000225. The van der Waals surface area contributed by atoms with Crippen molar-refractivity contribution in [2.45, 2.75) is 54.0 Å². The molecule has 4 aromatic rings. The SMILES string of the molecule is CCC(C)n1ccc2c(C)nc3c(-c4c(C)cc(C)cc4C)nccc3c21.Cl. The zero-order chi connectivity index (χ0) is 19.3. The molecule has 1 atom stereocenters. The summed E-state index contributed by atoms with van der Waals surface area (Å²) in [5.41, 5.74) is 9.33. The van der Waals surface area contributed by atoms with Crippen LogP contribution in [0, 0.1) is 27.7 Å². The van der Waals surface area contributed by atoms with Gasteiger partial charge in [-0.2, -0.15) is 0 Å². The average molecular weight is 394 g/mol. The van der Waals surface area contributed by atoms with Gasteiger partial charge in [0.15, 0.2) is 0 Å². The van der Waals surface area contributed by atoms with Crippen LogP contribution >= 0.6 is 12.4 Å². The van der Waals surface area contributed by atoms with Crippen molar-refractivity contribution in [1.82, 2.24) is 14.5 Å². The molecule has 4 heteroatoms. The van der Waals surface area contributed by atoms with Crippen LogP contribution in [0.4, 0.5) is 0 Å². The minimum absolute atomic E-state index is 0. The summed E-state index contributed by atoms with van der Waals surface area (Å²) in [5.74, 6) is 0. The van der Waals surface area contributed by atoms with Gasteiger partial charge in [-0.1, -0.05) is 24.6 Å². The summed E-state index contributed by atoms with van der Waals surface area (Å²) >= 11 is 0. The maximum absolute atomic E-state index is 5.01. The quantitative estimate of drug-likeness (QED) is 0.380. The highest BCUT2D eigenvalue weighted by atomic mass is 35.5. The lowest BCUT2D eigenvalue weighted by Gasteiger charge is -2.17. The van der Waals surface area contributed by atoms with E-state index in [0.717, 1.165) is 23.3 Å². The minimum Gasteiger partial charge on any atom is -0.344 e. The topological polar surface area (TPSA) is 30.7 Å². The molecule has 0 spiro atoms. The molecular weight excluding hydrogens is 366 g/mol. The molecule has 4 rings (SSSR count). The maximum Gasteiger partial charge on any atom is 0.0989 e. The highest BCUT2D eigenvalue weighted by Gasteiger charge is 2.18. The zero-order valence-corrected chi connectivity index (χ0v) is 18.3. The van der Waals surface area contributed by atoms with Gasteiger partial charge in [-0.15, -0.1) is 12.4 Å². The van der Waals surface area contributed by atoms with E-state index in [4.69, 9.17) is 9.97 Å². The molecule has 0 saturated heterocycles. The molecule has 0 amide bonds. The normalized spacial score (nSPS) is 12.4. The Morgan fingerprint density at radius 3 is 2.32 bits per heavy atom. The monoisotopic (exact) mass is 393 g/mol. The average Bonchev–Trinajstić information content (AvgIpc) is 3.07. The first kappa shape index (κ1) is 20.3. The van der Waals surface area contributed by atoms with Crippen LogP contribution in [-0.4, -0.2) is 14.5 Å². The molecule has 3 heterocycles. The smallest absolute Gasteiger partial charge is 0.0989 e. The standard InChI is InChI=1S/C24H27N3.ClH/c1-7-17(5)27-11-9-19-18(6)26-22-20(24(19)27)8-10-25-23(22)21-15(3)12-14(2)13-16(21)4;/h8-13,17H,7H2,1-6H3;1H. The fourth-order valence-corrected chi connectivity index (χ4v) is 4.31. The third-order valence-electron chi connectivity index (χ3n) is 5.74. The first-order valence-electron chi connectivity index (χ1n) is 9.76. The number of rotatable bonds is 3. The number of hydrogen-bond donors (Lipinski definition) is 0. The van der Waals surface area contributed by atoms with Crippen LogP contribution in [0.1, 0.15) is 48.7 Å². The van der Waals surface area contributed by atoms with Crippen LogP contribution in [0.25, 0.3) is 33.1 Å². The summed E-state index contributed by atoms with van der Waals surface area (Å²) < 4.78 is 2.39. The number of fused-ring (bicyclic) bond motifs is 3. The third kappa shape index (κ3) is 3.08. The van der Waals surface area contributed by atoms with E-state index in [1.165, 1.54) is 38.5 Å². The number of hydrogen-bond acceptors (Lipinski definition) is 2. The molecule has 3 aromatic heterocycles. The summed E-state index contributed by atoms with van der Waals surface area (Å²) in [5, 5.41) is 2.42. The Morgan fingerprint density at radius 2 is 1.68 bits per heavy atom. The van der Waals surface area contributed by atoms with E-state index in [9.17, 15) is 0 Å². The molecule has 0 bridgehead atoms. The molecule has 1 aromatic carbocycles. The Hall–Kier alpha value is -2.39. The number of aromatic nitrogens is 3. The number of halogens is 1. The van der Waals surface area contributed by atoms with E-state index in [2.05, 4.69) is 76.6 Å². The molecule has 3 nitrogen and oxygen atoms in total. The van der Waals surface area contributed by atoms with Gasteiger partial charge in [0.2, 0.25) is 0 Å². The molecule has 146 valence electrons. The lowest BCUT2D eigenvalue weighted by Crippen LogP contribution is -2.03. The summed E-state index contributed by atoms with van der Waals surface area (Å²) in [6, 6.07) is 9.23. The second-order valence-electron chi connectivity index (χ2n) is 7.77. The van der Waals surface area contributed by atoms with Gasteiger partial charge in [0.05, 0.1) is 16.7 Å². The number of pyridine rings is 2. The number of benzene rings is 1. The molecule has 0 aliphatic heterocycles. The van der Waals surface area contributed by atoms with Crippen molar-refractivity contribution < 1.29 is 0 Å². The molecular formula is C24H28ClN3. The van der Waals surface area contributed by atoms with E-state index < -0.39 is 0 Å². The van der Waals surface area contributed by atoms with E-state index in [-0.39, 0.29) is 12.4 Å². The van der Waals surface area contributed by atoms with Crippen molar-refractivity contribution >= 4 is 34.2 Å². The van der Waals surface area contributed by atoms with Crippen LogP contribution in [0.5, 0.6) is 0 Å². The number of aryl methyl sites for hydroxylation is 4. The zero-order valence-electron chi connectivity index (χ0n) is 17.5. The Labute approximate surface area is 173 Å². The van der Waals surface area contributed by atoms with Gasteiger partial charge >= 0.3 is 0 Å². The second kappa shape index (κ2) is 7.56. The van der Waals surface area contributed by atoms with Gasteiger partial charge in [0.25, 0.3) is 0 Å². The lowest BCUT2D eigenvalue weighted by molar-refractivity contribution is 0.549. The van der Waals surface area contributed by atoms with Crippen LogP contribution < -0.4 is 0 Å². The highest BCUT2D eigenvalue weighted by Crippen LogP contribution is 2.36. The van der Waals surface area contributed by atoms with Crippen molar-refractivity contribution in [3.8, 4) is 11.3 Å². The largest absolute Gasteiger partial charge is 0.344 e. The van der Waals surface area contributed by atoms with Gasteiger partial charge in [0.1, 0.15) is 0 Å². The van der Waals surface area contributed by atoms with Gasteiger partial charge in [-0.25, -0.2) is 0 Å². The summed E-state index contributed by atoms with van der Waals surface area (Å²) in [7, 11) is 0. The molecule has 0 fully saturated rings. The first-order valence-corrected chi connectivity index (χ1v) is 9.76. The minimum atomic E-state index is 0. The van der Waals surface area contributed by atoms with Crippen LogP contribution in [0.3, 0.4) is 0 Å². The summed E-state index contributed by atoms with van der Waals surface area (Å²) in [4.78, 5) is 9.79. The molecule has 28 heavy (non-hydrogen) atoms. The predicted molar refractivity (Wildman–Crippen MR) is 122 cm³/mol. The molecule has 1 unspecified atom stereocenters. The number of nitrogens with zero attached hydrogens (tertiary/aromatic N) is 3. The van der Waals surface area contributed by atoms with E-state index >= 15 is 0 Å². The Morgan fingerprint density at radius 1 is 1.00 bits per heavy atom. The van der Waals surface area contributed by atoms with Gasteiger partial charge in [-0.05, 0) is 64.3 Å². The van der Waals surface area contributed by atoms with Crippen molar-refractivity contribution in [2.75, 3.05) is 0 Å². The van der Waals surface area contributed by atoms with Crippen LogP contribution in [0.15, 0.2) is 36.7 Å². The predicted octanol–water partition coefficient (Wildman–Crippen LogP) is 6.88. The summed E-state index contributed by atoms with van der Waals surface area (Å²) in [6.07, 6.45) is 5.23. The highest BCUT2D eigenvalue weighted by molar-refractivity contribution is 6.09. The van der Waals surface area contributed by atoms with Gasteiger partial charge in [-0.3, -0.25) is 9.97 Å². The molecule has 0 saturated carbocycles.